The average molecular weight is 262 g/mol. The molecular weight excluding hydrogens is 236 g/mol. The Bertz CT molecular complexity index is 425. The van der Waals surface area contributed by atoms with Crippen molar-refractivity contribution in [2.45, 2.75) is 65.1 Å². The maximum absolute atomic E-state index is 4.23. The highest BCUT2D eigenvalue weighted by Gasteiger charge is 2.41. The number of aromatic nitrogens is 2. The van der Waals surface area contributed by atoms with E-state index in [-0.39, 0.29) is 0 Å². The van der Waals surface area contributed by atoms with E-state index in [0.29, 0.717) is 16.6 Å². The molecule has 0 atom stereocenters. The molecule has 0 N–H and O–H groups in total. The molecule has 0 unspecified atom stereocenters. The highest BCUT2D eigenvalue weighted by atomic mass is 28.3. The van der Waals surface area contributed by atoms with Crippen molar-refractivity contribution < 1.29 is 0 Å². The van der Waals surface area contributed by atoms with Gasteiger partial charge in [0.1, 0.15) is 13.9 Å². The van der Waals surface area contributed by atoms with Crippen LogP contribution in [-0.4, -0.2) is 17.6 Å². The van der Waals surface area contributed by atoms with E-state index in [2.05, 4.69) is 58.1 Å². The van der Waals surface area contributed by atoms with E-state index in [1.54, 1.807) is 0 Å². The number of rotatable bonds is 3. The Balaban J connectivity index is 3.22. The molecular formula is C15H26N2Si. The largest absolute Gasteiger partial charge is 0.263 e. The van der Waals surface area contributed by atoms with E-state index >= 15 is 0 Å². The summed E-state index contributed by atoms with van der Waals surface area (Å²) in [5.74, 6) is 0.974. The maximum atomic E-state index is 4.23. The zero-order valence-electron chi connectivity index (χ0n) is 12.8. The minimum absolute atomic E-state index is 0.675. The second kappa shape index (κ2) is 5.75. The summed E-state index contributed by atoms with van der Waals surface area (Å²) in [4.78, 5) is 4.23. The van der Waals surface area contributed by atoms with Gasteiger partial charge in [0.25, 0.3) is 0 Å². The van der Waals surface area contributed by atoms with Gasteiger partial charge in [-0.2, -0.15) is 0 Å². The predicted molar refractivity (Wildman–Crippen MR) is 81.2 cm³/mol. The Morgan fingerprint density at radius 1 is 1.06 bits per heavy atom. The third-order valence-corrected chi connectivity index (χ3v) is 10.4. The third-order valence-electron chi connectivity index (χ3n) is 4.08. The number of imidazole rings is 1. The van der Waals surface area contributed by atoms with Crippen LogP contribution in [0.4, 0.5) is 0 Å². The van der Waals surface area contributed by atoms with Crippen molar-refractivity contribution in [1.29, 1.82) is 0 Å². The van der Waals surface area contributed by atoms with Gasteiger partial charge in [0.15, 0.2) is 0 Å². The highest BCUT2D eigenvalue weighted by Crippen LogP contribution is 2.40. The molecule has 0 saturated heterocycles. The number of hydrogen-bond donors (Lipinski definition) is 0. The SMILES string of the molecule is Cc1nccn1C#C[Si](C(C)C)(C(C)C)C(C)C. The second-order valence-electron chi connectivity index (χ2n) is 5.98. The number of nitrogens with zero attached hydrogens (tertiary/aromatic N) is 2. The Morgan fingerprint density at radius 2 is 1.56 bits per heavy atom. The van der Waals surface area contributed by atoms with Crippen LogP contribution in [0.1, 0.15) is 47.4 Å². The first kappa shape index (κ1) is 15.0. The summed E-state index contributed by atoms with van der Waals surface area (Å²) in [6.45, 7) is 16.0. The van der Waals surface area contributed by atoms with Gasteiger partial charge in [0, 0.05) is 18.4 Å². The smallest absolute Gasteiger partial charge is 0.148 e. The fourth-order valence-corrected chi connectivity index (χ4v) is 8.27. The minimum Gasteiger partial charge on any atom is -0.263 e. The second-order valence-corrected chi connectivity index (χ2v) is 11.6. The lowest BCUT2D eigenvalue weighted by Crippen LogP contribution is -2.43. The molecule has 18 heavy (non-hydrogen) atoms. The Morgan fingerprint density at radius 3 is 1.89 bits per heavy atom. The zero-order chi connectivity index (χ0) is 13.9. The van der Waals surface area contributed by atoms with Crippen molar-refractivity contribution in [3.05, 3.63) is 18.2 Å². The quantitative estimate of drug-likeness (QED) is 0.589. The van der Waals surface area contributed by atoms with Crippen LogP contribution in [0.15, 0.2) is 12.4 Å². The molecule has 0 spiro atoms. The monoisotopic (exact) mass is 262 g/mol. The molecule has 0 amide bonds. The number of aryl methyl sites for hydroxylation is 1. The van der Waals surface area contributed by atoms with E-state index in [0.717, 1.165) is 5.82 Å². The summed E-state index contributed by atoms with van der Waals surface area (Å²) >= 11 is 0. The Hall–Kier alpha value is -1.01. The molecule has 0 saturated carbocycles. The van der Waals surface area contributed by atoms with Crippen molar-refractivity contribution >= 4 is 8.07 Å². The molecule has 0 radical (unpaired) electrons. The predicted octanol–water partition coefficient (Wildman–Crippen LogP) is 4.22. The minimum atomic E-state index is -1.62. The van der Waals surface area contributed by atoms with Crippen LogP contribution >= 0.6 is 0 Å². The molecule has 100 valence electrons. The van der Waals surface area contributed by atoms with Gasteiger partial charge in [0.05, 0.1) is 0 Å². The van der Waals surface area contributed by atoms with E-state index in [1.807, 2.05) is 23.9 Å². The van der Waals surface area contributed by atoms with Gasteiger partial charge in [-0.3, -0.25) is 4.57 Å². The van der Waals surface area contributed by atoms with E-state index < -0.39 is 8.07 Å². The molecule has 0 aromatic carbocycles. The lowest BCUT2D eigenvalue weighted by atomic mass is 10.5. The molecule has 0 bridgehead atoms. The Kier molecular flexibility index (Phi) is 4.81. The molecule has 3 heteroatoms. The van der Waals surface area contributed by atoms with Gasteiger partial charge < -0.3 is 0 Å². The van der Waals surface area contributed by atoms with Gasteiger partial charge >= 0.3 is 0 Å². The zero-order valence-corrected chi connectivity index (χ0v) is 13.8. The first-order chi connectivity index (χ1) is 8.32. The van der Waals surface area contributed by atoms with Crippen LogP contribution in [0.3, 0.4) is 0 Å². The van der Waals surface area contributed by atoms with Gasteiger partial charge in [-0.05, 0) is 23.5 Å². The average Bonchev–Trinajstić information content (AvgIpc) is 2.63. The van der Waals surface area contributed by atoms with E-state index in [4.69, 9.17) is 0 Å². The summed E-state index contributed by atoms with van der Waals surface area (Å²) in [5.41, 5.74) is 5.71. The van der Waals surface area contributed by atoms with Gasteiger partial charge in [-0.1, -0.05) is 41.5 Å². The van der Waals surface area contributed by atoms with Crippen molar-refractivity contribution in [3.8, 4) is 11.6 Å². The molecule has 0 aliphatic rings. The molecule has 1 rings (SSSR count). The first-order valence-electron chi connectivity index (χ1n) is 6.85. The topological polar surface area (TPSA) is 17.8 Å². The summed E-state index contributed by atoms with van der Waals surface area (Å²) in [5, 5.41) is 0. The van der Waals surface area contributed by atoms with Crippen LogP contribution < -0.4 is 0 Å². The van der Waals surface area contributed by atoms with Crippen molar-refractivity contribution in [1.82, 2.24) is 9.55 Å². The standard InChI is InChI=1S/C15H26N2Si/c1-12(2)18(13(3)4,14(5)6)11-10-17-9-8-16-15(17)7/h8-9,12-14H,1-7H3. The molecule has 1 aromatic rings. The summed E-state index contributed by atoms with van der Waals surface area (Å²) in [7, 11) is -1.62. The van der Waals surface area contributed by atoms with Gasteiger partial charge in [-0.15, -0.1) is 5.54 Å². The van der Waals surface area contributed by atoms with Gasteiger partial charge in [0.2, 0.25) is 0 Å². The van der Waals surface area contributed by atoms with Crippen LogP contribution in [0.2, 0.25) is 16.6 Å². The fraction of sp³-hybridized carbons (Fsp3) is 0.667. The van der Waals surface area contributed by atoms with Crippen LogP contribution in [0.5, 0.6) is 0 Å². The summed E-state index contributed by atoms with van der Waals surface area (Å²) in [6.07, 6.45) is 3.76. The van der Waals surface area contributed by atoms with Crippen molar-refractivity contribution in [2.24, 2.45) is 0 Å². The molecule has 0 aliphatic carbocycles. The normalized spacial score (nSPS) is 12.1. The van der Waals surface area contributed by atoms with Gasteiger partial charge in [-0.25, -0.2) is 4.98 Å². The maximum Gasteiger partial charge on any atom is 0.148 e. The lowest BCUT2D eigenvalue weighted by Gasteiger charge is -2.37. The lowest BCUT2D eigenvalue weighted by molar-refractivity contribution is 0.837. The molecule has 1 heterocycles. The number of hydrogen-bond acceptors (Lipinski definition) is 1. The highest BCUT2D eigenvalue weighted by molar-refractivity contribution is 6.90. The summed E-state index contributed by atoms with van der Waals surface area (Å²) in [6, 6.07) is 3.34. The Labute approximate surface area is 113 Å². The van der Waals surface area contributed by atoms with Crippen LogP contribution in [0, 0.1) is 18.5 Å². The van der Waals surface area contributed by atoms with E-state index in [1.165, 1.54) is 0 Å². The molecule has 1 aromatic heterocycles. The van der Waals surface area contributed by atoms with Crippen LogP contribution in [0.25, 0.3) is 0 Å². The third kappa shape index (κ3) is 2.69. The van der Waals surface area contributed by atoms with Crippen molar-refractivity contribution in [3.63, 3.8) is 0 Å². The van der Waals surface area contributed by atoms with Crippen LogP contribution in [-0.2, 0) is 0 Å². The summed E-state index contributed by atoms with van der Waals surface area (Å²) < 4.78 is 1.95. The molecule has 0 fully saturated rings. The van der Waals surface area contributed by atoms with E-state index in [9.17, 15) is 0 Å². The van der Waals surface area contributed by atoms with Crippen molar-refractivity contribution in [2.75, 3.05) is 0 Å². The molecule has 0 aliphatic heterocycles. The molecule has 2 nitrogen and oxygen atoms in total. The fourth-order valence-electron chi connectivity index (χ4n) is 3.09. The first-order valence-corrected chi connectivity index (χ1v) is 9.08.